The summed E-state index contributed by atoms with van der Waals surface area (Å²) in [6, 6.07) is 7.22. The van der Waals surface area contributed by atoms with Gasteiger partial charge in [-0.1, -0.05) is 5.16 Å². The number of sulfonamides is 1. The van der Waals surface area contributed by atoms with E-state index in [1.807, 2.05) is 25.3 Å². The van der Waals surface area contributed by atoms with Gasteiger partial charge in [-0.25, -0.2) is 13.1 Å². The Morgan fingerprint density at radius 3 is 2.23 bits per heavy atom. The normalized spacial score (nSPS) is 15.5. The first-order valence-electron chi connectivity index (χ1n) is 9.61. The molecule has 1 aromatic carbocycles. The maximum atomic E-state index is 12.9. The molecule has 0 aliphatic carbocycles. The van der Waals surface area contributed by atoms with Gasteiger partial charge in [0.25, 0.3) is 5.91 Å². The van der Waals surface area contributed by atoms with Gasteiger partial charge in [0, 0.05) is 37.9 Å². The molecule has 4 rings (SSSR count). The third kappa shape index (κ3) is 3.63. The summed E-state index contributed by atoms with van der Waals surface area (Å²) < 4.78 is 34.0. The zero-order valence-electron chi connectivity index (χ0n) is 17.1. The number of amides is 1. The molecule has 1 fully saturated rings. The van der Waals surface area contributed by atoms with Crippen LogP contribution in [-0.2, 0) is 10.0 Å². The molecule has 0 unspecified atom stereocenters. The number of carbonyl (C=O) groups excluding carboxylic acids is 1. The number of hydrogen-bond acceptors (Lipinski definition) is 6. The molecule has 0 saturated carbocycles. The first-order chi connectivity index (χ1) is 14.3. The Labute approximate surface area is 174 Å². The van der Waals surface area contributed by atoms with Crippen LogP contribution in [0.4, 0.5) is 0 Å². The van der Waals surface area contributed by atoms with E-state index in [-0.39, 0.29) is 29.7 Å². The lowest BCUT2D eigenvalue weighted by atomic mass is 10.1. The highest BCUT2D eigenvalue weighted by Crippen LogP contribution is 2.24. The summed E-state index contributed by atoms with van der Waals surface area (Å²) in [6.07, 6.45) is 3.69. The minimum Gasteiger partial charge on any atom is -0.360 e. The Hall–Kier alpha value is -2.98. The van der Waals surface area contributed by atoms with E-state index in [9.17, 15) is 13.2 Å². The van der Waals surface area contributed by atoms with E-state index < -0.39 is 10.0 Å². The lowest BCUT2D eigenvalue weighted by molar-refractivity contribution is 0.0698. The van der Waals surface area contributed by atoms with Crippen LogP contribution in [0.1, 0.15) is 27.4 Å². The average Bonchev–Trinajstić information content (AvgIpc) is 3.33. The number of rotatable bonds is 4. The molecule has 10 heteroatoms. The highest BCUT2D eigenvalue weighted by Gasteiger charge is 2.34. The Bertz CT molecular complexity index is 1150. The highest BCUT2D eigenvalue weighted by atomic mass is 32.2. The van der Waals surface area contributed by atoms with Crippen molar-refractivity contribution in [2.45, 2.75) is 25.7 Å². The minimum atomic E-state index is -3.70. The number of benzene rings is 1. The van der Waals surface area contributed by atoms with Gasteiger partial charge < -0.3 is 9.42 Å². The summed E-state index contributed by atoms with van der Waals surface area (Å²) in [4.78, 5) is 14.6. The minimum absolute atomic E-state index is 0.117. The predicted octanol–water partition coefficient (Wildman–Crippen LogP) is 1.93. The standard InChI is InChI=1S/C20H23N5O4S/c1-14-12-21-25(13-14)18-6-4-17(5-7-18)20(26)23-8-10-24(11-9-23)30(27,28)19-15(2)22-29-16(19)3/h4-7,12-13H,8-11H2,1-3H3. The molecule has 0 bridgehead atoms. The molecular weight excluding hydrogens is 406 g/mol. The fourth-order valence-corrected chi connectivity index (χ4v) is 5.31. The Morgan fingerprint density at radius 1 is 1.03 bits per heavy atom. The second-order valence-corrected chi connectivity index (χ2v) is 9.23. The molecule has 1 aliphatic rings. The quantitative estimate of drug-likeness (QED) is 0.628. The van der Waals surface area contributed by atoms with E-state index in [1.54, 1.807) is 41.8 Å². The fourth-order valence-electron chi connectivity index (χ4n) is 3.60. The van der Waals surface area contributed by atoms with Gasteiger partial charge >= 0.3 is 0 Å². The lowest BCUT2D eigenvalue weighted by Crippen LogP contribution is -2.50. The van der Waals surface area contributed by atoms with Crippen molar-refractivity contribution >= 4 is 15.9 Å². The maximum Gasteiger partial charge on any atom is 0.253 e. The van der Waals surface area contributed by atoms with Gasteiger partial charge in [0.05, 0.1) is 11.9 Å². The number of carbonyl (C=O) groups is 1. The molecule has 3 heterocycles. The van der Waals surface area contributed by atoms with Crippen LogP contribution in [0.3, 0.4) is 0 Å². The largest absolute Gasteiger partial charge is 0.360 e. The molecule has 0 radical (unpaired) electrons. The summed E-state index contributed by atoms with van der Waals surface area (Å²) in [6.45, 7) is 6.25. The van der Waals surface area contributed by atoms with Crippen LogP contribution in [0.5, 0.6) is 0 Å². The van der Waals surface area contributed by atoms with Crippen LogP contribution in [0.2, 0.25) is 0 Å². The summed E-state index contributed by atoms with van der Waals surface area (Å²) in [5.74, 6) is 0.158. The van der Waals surface area contributed by atoms with Crippen molar-refractivity contribution < 1.29 is 17.7 Å². The van der Waals surface area contributed by atoms with Crippen LogP contribution >= 0.6 is 0 Å². The van der Waals surface area contributed by atoms with Gasteiger partial charge in [-0.3, -0.25) is 4.79 Å². The van der Waals surface area contributed by atoms with Crippen LogP contribution in [0.15, 0.2) is 46.1 Å². The van der Waals surface area contributed by atoms with Crippen molar-refractivity contribution in [3.05, 3.63) is 59.2 Å². The molecule has 2 aromatic heterocycles. The number of aryl methyl sites for hydroxylation is 3. The third-order valence-corrected chi connectivity index (χ3v) is 7.33. The van der Waals surface area contributed by atoms with E-state index in [1.165, 1.54) is 4.31 Å². The van der Waals surface area contributed by atoms with Gasteiger partial charge in [-0.05, 0) is 50.6 Å². The van der Waals surface area contributed by atoms with E-state index in [4.69, 9.17) is 4.52 Å². The van der Waals surface area contributed by atoms with E-state index in [0.717, 1.165) is 11.3 Å². The molecule has 0 atom stereocenters. The maximum absolute atomic E-state index is 12.9. The van der Waals surface area contributed by atoms with Crippen molar-refractivity contribution in [3.8, 4) is 5.69 Å². The fraction of sp³-hybridized carbons (Fsp3) is 0.350. The second-order valence-electron chi connectivity index (χ2n) is 7.36. The molecule has 0 N–H and O–H groups in total. The zero-order valence-corrected chi connectivity index (χ0v) is 17.9. The van der Waals surface area contributed by atoms with Crippen LogP contribution < -0.4 is 0 Å². The Morgan fingerprint density at radius 2 is 1.70 bits per heavy atom. The molecule has 158 valence electrons. The summed E-state index contributed by atoms with van der Waals surface area (Å²) >= 11 is 0. The van der Waals surface area contributed by atoms with Gasteiger partial charge in [-0.15, -0.1) is 0 Å². The van der Waals surface area contributed by atoms with E-state index >= 15 is 0 Å². The third-order valence-electron chi connectivity index (χ3n) is 5.18. The van der Waals surface area contributed by atoms with Crippen LogP contribution in [0.25, 0.3) is 5.69 Å². The molecule has 9 nitrogen and oxygen atoms in total. The number of piperazine rings is 1. The van der Waals surface area contributed by atoms with E-state index in [2.05, 4.69) is 10.3 Å². The molecule has 3 aromatic rings. The van der Waals surface area contributed by atoms with E-state index in [0.29, 0.717) is 24.3 Å². The topological polar surface area (TPSA) is 102 Å². The molecule has 1 aliphatic heterocycles. The van der Waals surface area contributed by atoms with Crippen molar-refractivity contribution in [3.63, 3.8) is 0 Å². The molecule has 30 heavy (non-hydrogen) atoms. The zero-order chi connectivity index (χ0) is 21.5. The van der Waals surface area contributed by atoms with Gasteiger partial charge in [0.2, 0.25) is 10.0 Å². The Kier molecular flexibility index (Phi) is 5.20. The molecule has 1 saturated heterocycles. The average molecular weight is 430 g/mol. The van der Waals surface area contributed by atoms with Crippen molar-refractivity contribution in [2.24, 2.45) is 0 Å². The van der Waals surface area contributed by atoms with Crippen molar-refractivity contribution in [2.75, 3.05) is 26.2 Å². The first kappa shape index (κ1) is 20.3. The van der Waals surface area contributed by atoms with Crippen LogP contribution in [-0.4, -0.2) is 64.6 Å². The number of aromatic nitrogens is 3. The molecule has 1 amide bonds. The van der Waals surface area contributed by atoms with Crippen molar-refractivity contribution in [1.82, 2.24) is 24.1 Å². The number of hydrogen-bond donors (Lipinski definition) is 0. The lowest BCUT2D eigenvalue weighted by Gasteiger charge is -2.34. The van der Waals surface area contributed by atoms with Crippen molar-refractivity contribution in [1.29, 1.82) is 0 Å². The van der Waals surface area contributed by atoms with Gasteiger partial charge in [0.15, 0.2) is 5.76 Å². The molecular formula is C20H23N5O4S. The smallest absolute Gasteiger partial charge is 0.253 e. The first-order valence-corrected chi connectivity index (χ1v) is 11.1. The van der Waals surface area contributed by atoms with Crippen LogP contribution in [0, 0.1) is 20.8 Å². The predicted molar refractivity (Wildman–Crippen MR) is 109 cm³/mol. The summed E-state index contributed by atoms with van der Waals surface area (Å²) in [5, 5.41) is 8.00. The number of nitrogens with zero attached hydrogens (tertiary/aromatic N) is 5. The Balaban J connectivity index is 1.43. The summed E-state index contributed by atoms with van der Waals surface area (Å²) in [7, 11) is -3.70. The van der Waals surface area contributed by atoms with Gasteiger partial charge in [0.1, 0.15) is 10.6 Å². The molecule has 0 spiro atoms. The monoisotopic (exact) mass is 429 g/mol. The second kappa shape index (κ2) is 7.69. The SMILES string of the molecule is Cc1cnn(-c2ccc(C(=O)N3CCN(S(=O)(=O)c4c(C)noc4C)CC3)cc2)c1. The summed E-state index contributed by atoms with van der Waals surface area (Å²) in [5.41, 5.74) is 2.83. The highest BCUT2D eigenvalue weighted by molar-refractivity contribution is 7.89. The van der Waals surface area contributed by atoms with Gasteiger partial charge in [-0.2, -0.15) is 9.40 Å².